The van der Waals surface area contributed by atoms with Crippen LogP contribution < -0.4 is 35.6 Å². The Labute approximate surface area is 246 Å². The molecule has 0 saturated heterocycles. The summed E-state index contributed by atoms with van der Waals surface area (Å²) in [5.74, 6) is 0.263. The number of rotatable bonds is 11. The first-order chi connectivity index (χ1) is 19.9. The molecule has 3 atom stereocenters. The molecule has 11 heteroatoms. The van der Waals surface area contributed by atoms with E-state index < -0.39 is 30.0 Å². The molecule has 11 nitrogen and oxygen atoms in total. The molecule has 3 N–H and O–H groups in total. The highest BCUT2D eigenvalue weighted by molar-refractivity contribution is 5.89. The second-order valence-corrected chi connectivity index (χ2v) is 10.7. The quantitative estimate of drug-likeness (QED) is 0.340. The predicted octanol–water partition coefficient (Wildman–Crippen LogP) is 3.37. The van der Waals surface area contributed by atoms with Crippen LogP contribution >= 0.6 is 0 Å². The maximum Gasteiger partial charge on any atom is 0.328 e. The fraction of sp³-hybridized carbons (Fsp3) is 0.484. The number of hydrogen-bond acceptors (Lipinski definition) is 9. The molecule has 0 saturated carbocycles. The summed E-state index contributed by atoms with van der Waals surface area (Å²) in [5.41, 5.74) is 2.70. The number of carbonyl (C=O) groups excluding carboxylic acids is 3. The molecule has 2 amide bonds. The Hall–Kier alpha value is -4.28. The van der Waals surface area contributed by atoms with Gasteiger partial charge in [-0.25, -0.2) is 4.79 Å². The minimum Gasteiger partial charge on any atom is -0.493 e. The van der Waals surface area contributed by atoms with Crippen molar-refractivity contribution in [3.63, 3.8) is 0 Å². The summed E-state index contributed by atoms with van der Waals surface area (Å²) >= 11 is 0. The van der Waals surface area contributed by atoms with Crippen molar-refractivity contribution in [2.45, 2.75) is 65.1 Å². The number of carbonyl (C=O) groups is 3. The fourth-order valence-corrected chi connectivity index (χ4v) is 5.25. The normalized spacial score (nSPS) is 15.2. The van der Waals surface area contributed by atoms with Gasteiger partial charge in [-0.1, -0.05) is 19.9 Å². The molecule has 3 rings (SSSR count). The summed E-state index contributed by atoms with van der Waals surface area (Å²) in [5, 5.41) is 8.69. The van der Waals surface area contributed by atoms with E-state index >= 15 is 0 Å². The Kier molecular flexibility index (Phi) is 10.8. The molecule has 2 aromatic rings. The van der Waals surface area contributed by atoms with Crippen LogP contribution in [0.2, 0.25) is 0 Å². The van der Waals surface area contributed by atoms with Crippen LogP contribution in [0.4, 0.5) is 5.69 Å². The molecule has 228 valence electrons. The zero-order chi connectivity index (χ0) is 31.1. The zero-order valence-corrected chi connectivity index (χ0v) is 25.5. The average molecular weight is 584 g/mol. The van der Waals surface area contributed by atoms with Gasteiger partial charge in [0.25, 0.3) is 0 Å². The maximum absolute atomic E-state index is 13.5. The van der Waals surface area contributed by atoms with Crippen LogP contribution in [0.15, 0.2) is 29.1 Å². The summed E-state index contributed by atoms with van der Waals surface area (Å²) in [6.07, 6.45) is 1.50. The van der Waals surface area contributed by atoms with Gasteiger partial charge in [0.05, 0.1) is 40.2 Å². The highest BCUT2D eigenvalue weighted by atomic mass is 16.5. The summed E-state index contributed by atoms with van der Waals surface area (Å²) in [4.78, 5) is 51.0. The van der Waals surface area contributed by atoms with E-state index in [0.29, 0.717) is 47.6 Å². The van der Waals surface area contributed by atoms with Gasteiger partial charge in [-0.2, -0.15) is 0 Å². The molecule has 1 aliphatic rings. The summed E-state index contributed by atoms with van der Waals surface area (Å²) in [6.45, 7) is 6.91. The topological polar surface area (TPSA) is 141 Å². The minimum atomic E-state index is -0.850. The third kappa shape index (κ3) is 7.13. The molecule has 0 aromatic heterocycles. The van der Waals surface area contributed by atoms with Crippen LogP contribution in [-0.4, -0.2) is 58.3 Å². The molecular weight excluding hydrogens is 542 g/mol. The summed E-state index contributed by atoms with van der Waals surface area (Å²) in [6, 6.07) is 4.61. The number of amides is 2. The van der Waals surface area contributed by atoms with E-state index in [0.717, 1.165) is 11.1 Å². The second-order valence-electron chi connectivity index (χ2n) is 10.7. The maximum atomic E-state index is 13.5. The number of aryl methyl sites for hydroxylation is 1. The number of esters is 1. The Morgan fingerprint density at radius 3 is 2.24 bits per heavy atom. The fourth-order valence-electron chi connectivity index (χ4n) is 5.25. The average Bonchev–Trinajstić information content (AvgIpc) is 3.19. The number of benzene rings is 1. The van der Waals surface area contributed by atoms with Crippen molar-refractivity contribution in [2.24, 2.45) is 5.92 Å². The number of anilines is 1. The molecule has 2 aromatic carbocycles. The first-order valence-electron chi connectivity index (χ1n) is 13.9. The molecule has 42 heavy (non-hydrogen) atoms. The molecule has 0 bridgehead atoms. The highest BCUT2D eigenvalue weighted by Gasteiger charge is 2.30. The molecule has 0 fully saturated rings. The molecule has 1 aliphatic carbocycles. The number of hydrogen-bond donors (Lipinski definition) is 3. The van der Waals surface area contributed by atoms with Crippen LogP contribution in [0.1, 0.15) is 57.7 Å². The number of nitrogens with one attached hydrogen (secondary N) is 3. The van der Waals surface area contributed by atoms with Gasteiger partial charge in [0, 0.05) is 12.5 Å². The van der Waals surface area contributed by atoms with Crippen LogP contribution in [0, 0.1) is 5.92 Å². The summed E-state index contributed by atoms with van der Waals surface area (Å²) < 4.78 is 21.8. The Morgan fingerprint density at radius 1 is 0.976 bits per heavy atom. The van der Waals surface area contributed by atoms with Crippen molar-refractivity contribution in [3.05, 3.63) is 45.6 Å². The number of methoxy groups -OCH3 is 4. The Morgan fingerprint density at radius 2 is 1.67 bits per heavy atom. The van der Waals surface area contributed by atoms with E-state index in [9.17, 15) is 19.2 Å². The van der Waals surface area contributed by atoms with E-state index in [4.69, 9.17) is 18.9 Å². The Bertz CT molecular complexity index is 1390. The molecule has 0 spiro atoms. The van der Waals surface area contributed by atoms with Gasteiger partial charge < -0.3 is 34.9 Å². The lowest BCUT2D eigenvalue weighted by atomic mass is 9.95. The van der Waals surface area contributed by atoms with E-state index in [1.165, 1.54) is 34.3 Å². The van der Waals surface area contributed by atoms with Crippen LogP contribution in [0.5, 0.6) is 17.2 Å². The molecule has 0 aliphatic heterocycles. The zero-order valence-electron chi connectivity index (χ0n) is 25.5. The third-order valence-electron chi connectivity index (χ3n) is 7.19. The van der Waals surface area contributed by atoms with Crippen molar-refractivity contribution < 1.29 is 33.3 Å². The lowest BCUT2D eigenvalue weighted by Crippen LogP contribution is -2.48. The van der Waals surface area contributed by atoms with Crippen LogP contribution in [0.25, 0.3) is 11.1 Å². The van der Waals surface area contributed by atoms with E-state index in [1.807, 2.05) is 19.9 Å². The van der Waals surface area contributed by atoms with Gasteiger partial charge in [-0.15, -0.1) is 0 Å². The third-order valence-corrected chi connectivity index (χ3v) is 7.19. The van der Waals surface area contributed by atoms with Crippen LogP contribution in [-0.2, 0) is 25.5 Å². The van der Waals surface area contributed by atoms with E-state index in [-0.39, 0.29) is 22.9 Å². The van der Waals surface area contributed by atoms with Gasteiger partial charge in [0.15, 0.2) is 11.5 Å². The second kappa shape index (κ2) is 14.1. The number of ether oxygens (including phenoxy) is 4. The van der Waals surface area contributed by atoms with Crippen molar-refractivity contribution in [1.82, 2.24) is 10.6 Å². The first kappa shape index (κ1) is 32.2. The largest absolute Gasteiger partial charge is 0.493 e. The number of fused-ring (bicyclic) bond motifs is 3. The monoisotopic (exact) mass is 583 g/mol. The highest BCUT2D eigenvalue weighted by Crippen LogP contribution is 2.50. The molecule has 0 unspecified atom stereocenters. The molecular formula is C31H41N3O8. The van der Waals surface area contributed by atoms with Gasteiger partial charge >= 0.3 is 5.97 Å². The van der Waals surface area contributed by atoms with Crippen molar-refractivity contribution in [1.29, 1.82) is 0 Å². The van der Waals surface area contributed by atoms with E-state index in [1.54, 1.807) is 26.2 Å². The molecule has 0 heterocycles. The van der Waals surface area contributed by atoms with Gasteiger partial charge in [0.2, 0.25) is 23.0 Å². The first-order valence-corrected chi connectivity index (χ1v) is 13.9. The van der Waals surface area contributed by atoms with E-state index in [2.05, 4.69) is 16.0 Å². The van der Waals surface area contributed by atoms with Gasteiger partial charge in [-0.05, 0) is 67.0 Å². The van der Waals surface area contributed by atoms with Gasteiger partial charge in [0.1, 0.15) is 12.1 Å². The van der Waals surface area contributed by atoms with Gasteiger partial charge in [-0.3, -0.25) is 14.4 Å². The minimum absolute atomic E-state index is 0.143. The Balaban J connectivity index is 2.11. The smallest absolute Gasteiger partial charge is 0.328 e. The molecule has 0 radical (unpaired) electrons. The van der Waals surface area contributed by atoms with Crippen molar-refractivity contribution in [3.8, 4) is 28.4 Å². The lowest BCUT2D eigenvalue weighted by Gasteiger charge is -2.21. The van der Waals surface area contributed by atoms with Crippen molar-refractivity contribution >= 4 is 23.5 Å². The predicted molar refractivity (Wildman–Crippen MR) is 159 cm³/mol. The SMILES string of the molecule is COC(=O)[C@@H](CC(C)C)NC(=O)[C@@H](C)Nc1ccc2c(cc1=O)[C@H](NC(C)=O)CCc1cc(OC)c(OC)c(OC)c1-2. The lowest BCUT2D eigenvalue weighted by molar-refractivity contribution is -0.145. The standard InChI is InChI=1S/C31H41N3O8/c1-16(2)13-24(31(38)42-8)34-30(37)17(3)32-23-12-10-20-21(15-25(23)36)22(33-18(4)35)11-9-19-14-26(39-5)28(40-6)29(41-7)27(19)20/h10,12,14-17,22,24H,9,11,13H2,1-8H3,(H,32,36)(H,33,35)(H,34,37)/t17-,22-,24-/m1/s1. The summed E-state index contributed by atoms with van der Waals surface area (Å²) in [7, 11) is 5.87. The van der Waals surface area contributed by atoms with Crippen molar-refractivity contribution in [2.75, 3.05) is 33.8 Å². The van der Waals surface area contributed by atoms with Crippen LogP contribution in [0.3, 0.4) is 0 Å².